The van der Waals surface area contributed by atoms with Gasteiger partial charge in [-0.1, -0.05) is 29.8 Å². The molecule has 0 radical (unpaired) electrons. The Morgan fingerprint density at radius 3 is 2.43 bits per heavy atom. The average molecular weight is 542 g/mol. The molecule has 4 aromatic rings. The maximum Gasteiger partial charge on any atom is 0.266 e. The molecule has 1 fully saturated rings. The number of carbonyl (C=O) groups is 1. The zero-order chi connectivity index (χ0) is 26.0. The molecule has 1 aliphatic rings. The van der Waals surface area contributed by atoms with Crippen molar-refractivity contribution in [1.82, 2.24) is 9.88 Å². The molecule has 1 saturated heterocycles. The second-order valence-corrected chi connectivity index (χ2v) is 10.8. The predicted octanol–water partition coefficient (Wildman–Crippen LogP) is 4.46. The minimum absolute atomic E-state index is 0.0413. The third-order valence-electron chi connectivity index (χ3n) is 6.05. The maximum absolute atomic E-state index is 13.5. The van der Waals surface area contributed by atoms with E-state index >= 15 is 0 Å². The number of amides is 1. The van der Waals surface area contributed by atoms with Crippen molar-refractivity contribution in [2.24, 2.45) is 0 Å². The second-order valence-electron chi connectivity index (χ2n) is 8.49. The van der Waals surface area contributed by atoms with Crippen molar-refractivity contribution in [2.75, 3.05) is 37.7 Å². The van der Waals surface area contributed by atoms with Crippen molar-refractivity contribution in [3.63, 3.8) is 0 Å². The highest BCUT2D eigenvalue weighted by atomic mass is 35.5. The summed E-state index contributed by atoms with van der Waals surface area (Å²) in [6.45, 7) is 3.28. The lowest BCUT2D eigenvalue weighted by molar-refractivity contribution is -0.133. The molecule has 0 N–H and O–H groups in total. The van der Waals surface area contributed by atoms with Crippen molar-refractivity contribution in [2.45, 2.75) is 16.8 Å². The van der Waals surface area contributed by atoms with E-state index in [0.29, 0.717) is 42.7 Å². The highest BCUT2D eigenvalue weighted by Gasteiger charge is 2.34. The first kappa shape index (κ1) is 24.9. The van der Waals surface area contributed by atoms with Crippen LogP contribution in [0.2, 0.25) is 5.02 Å². The number of furan rings is 1. The maximum atomic E-state index is 13.5. The van der Waals surface area contributed by atoms with Gasteiger partial charge >= 0.3 is 0 Å². The summed E-state index contributed by atoms with van der Waals surface area (Å²) in [5.41, 5.74) is 0.951. The van der Waals surface area contributed by atoms with E-state index in [-0.39, 0.29) is 34.2 Å². The molecule has 2 aromatic carbocycles. The number of oxazole rings is 1. The van der Waals surface area contributed by atoms with Gasteiger partial charge in [-0.05, 0) is 55.0 Å². The van der Waals surface area contributed by atoms with Crippen LogP contribution in [0.4, 0.5) is 5.88 Å². The van der Waals surface area contributed by atoms with Crippen LogP contribution in [0.25, 0.3) is 11.7 Å². The van der Waals surface area contributed by atoms with E-state index in [2.05, 4.69) is 4.98 Å². The fourth-order valence-electron chi connectivity index (χ4n) is 4.01. The van der Waals surface area contributed by atoms with Gasteiger partial charge in [-0.15, -0.1) is 0 Å². The highest BCUT2D eigenvalue weighted by Crippen LogP contribution is 2.35. The van der Waals surface area contributed by atoms with Crippen LogP contribution in [-0.4, -0.2) is 57.0 Å². The Morgan fingerprint density at radius 2 is 1.76 bits per heavy atom. The predicted molar refractivity (Wildman–Crippen MR) is 137 cm³/mol. The van der Waals surface area contributed by atoms with Crippen LogP contribution in [0.15, 0.2) is 85.7 Å². The SMILES string of the molecule is Cc1ccccc1OCC(=O)N1CCN(c2oc(-c3ccco3)nc2S(=O)(=O)c2ccc(Cl)cc2)CC1. The van der Waals surface area contributed by atoms with E-state index in [1.807, 2.05) is 31.2 Å². The van der Waals surface area contributed by atoms with E-state index in [4.69, 9.17) is 25.2 Å². The second kappa shape index (κ2) is 10.3. The number of halogens is 1. The Kier molecular flexibility index (Phi) is 6.94. The number of carbonyl (C=O) groups excluding carboxylic acids is 1. The summed E-state index contributed by atoms with van der Waals surface area (Å²) in [6.07, 6.45) is 1.45. The van der Waals surface area contributed by atoms with Crippen LogP contribution in [0.5, 0.6) is 5.75 Å². The number of rotatable bonds is 7. The van der Waals surface area contributed by atoms with Crippen molar-refractivity contribution >= 4 is 33.2 Å². The summed E-state index contributed by atoms with van der Waals surface area (Å²) in [5.74, 6) is 0.979. The number of benzene rings is 2. The van der Waals surface area contributed by atoms with Gasteiger partial charge in [-0.3, -0.25) is 4.79 Å². The number of hydrogen-bond acceptors (Lipinski definition) is 8. The summed E-state index contributed by atoms with van der Waals surface area (Å²) in [5, 5.41) is 0.201. The molecule has 0 saturated carbocycles. The average Bonchev–Trinajstić information content (AvgIpc) is 3.59. The molecule has 0 aliphatic carbocycles. The Bertz CT molecular complexity index is 1490. The molecule has 37 heavy (non-hydrogen) atoms. The molecule has 1 aliphatic heterocycles. The molecule has 0 bridgehead atoms. The lowest BCUT2D eigenvalue weighted by Crippen LogP contribution is -2.50. The Labute approximate surface area is 219 Å². The number of para-hydroxylation sites is 1. The number of nitrogens with zero attached hydrogens (tertiary/aromatic N) is 3. The standard InChI is InChI=1S/C26H24ClN3O6S/c1-18-5-2-3-6-21(18)35-17-23(31)29-12-14-30(15-13-29)26-25(28-24(36-26)22-7-4-16-34-22)37(32,33)20-10-8-19(27)9-11-20/h2-11,16H,12-15,17H2,1H3. The summed E-state index contributed by atoms with van der Waals surface area (Å²) < 4.78 is 44.0. The van der Waals surface area contributed by atoms with Crippen molar-refractivity contribution in [3.05, 3.63) is 77.5 Å². The minimum atomic E-state index is -4.03. The molecule has 3 heterocycles. The fourth-order valence-corrected chi connectivity index (χ4v) is 5.46. The van der Waals surface area contributed by atoms with Gasteiger partial charge in [-0.2, -0.15) is 4.98 Å². The number of anilines is 1. The van der Waals surface area contributed by atoms with Crippen molar-refractivity contribution in [3.8, 4) is 17.4 Å². The van der Waals surface area contributed by atoms with Gasteiger partial charge in [0.05, 0.1) is 11.2 Å². The number of hydrogen-bond donors (Lipinski definition) is 0. The first-order valence-corrected chi connectivity index (χ1v) is 13.5. The molecule has 11 heteroatoms. The molecule has 0 unspecified atom stereocenters. The van der Waals surface area contributed by atoms with Gasteiger partial charge in [0, 0.05) is 31.2 Å². The number of aromatic nitrogens is 1. The van der Waals surface area contributed by atoms with E-state index in [1.165, 1.54) is 30.5 Å². The highest BCUT2D eigenvalue weighted by molar-refractivity contribution is 7.91. The topological polar surface area (TPSA) is 106 Å². The van der Waals surface area contributed by atoms with Gasteiger partial charge < -0.3 is 23.4 Å². The molecular weight excluding hydrogens is 518 g/mol. The summed E-state index contributed by atoms with van der Waals surface area (Å²) in [4.78, 5) is 20.6. The Hall–Kier alpha value is -3.76. The first-order chi connectivity index (χ1) is 17.8. The first-order valence-electron chi connectivity index (χ1n) is 11.6. The van der Waals surface area contributed by atoms with Gasteiger partial charge in [0.1, 0.15) is 5.75 Å². The Balaban J connectivity index is 1.35. The molecule has 1 amide bonds. The molecule has 0 spiro atoms. The number of aryl methyl sites for hydroxylation is 1. The van der Waals surface area contributed by atoms with Crippen LogP contribution in [0.1, 0.15) is 5.56 Å². The van der Waals surface area contributed by atoms with Gasteiger partial charge in [-0.25, -0.2) is 8.42 Å². The monoisotopic (exact) mass is 541 g/mol. The van der Waals surface area contributed by atoms with E-state index < -0.39 is 9.84 Å². The van der Waals surface area contributed by atoms with E-state index in [9.17, 15) is 13.2 Å². The number of ether oxygens (including phenoxy) is 1. The van der Waals surface area contributed by atoms with Gasteiger partial charge in [0.15, 0.2) is 12.4 Å². The van der Waals surface area contributed by atoms with E-state index in [1.54, 1.807) is 21.9 Å². The zero-order valence-corrected chi connectivity index (χ0v) is 21.5. The van der Waals surface area contributed by atoms with Gasteiger partial charge in [0.25, 0.3) is 11.8 Å². The third-order valence-corrected chi connectivity index (χ3v) is 7.97. The van der Waals surface area contributed by atoms with Gasteiger partial charge in [0.2, 0.25) is 20.7 Å². The molecule has 5 rings (SSSR count). The quantitative estimate of drug-likeness (QED) is 0.338. The van der Waals surface area contributed by atoms with Crippen LogP contribution >= 0.6 is 11.6 Å². The molecular formula is C26H24ClN3O6S. The summed E-state index contributed by atoms with van der Waals surface area (Å²) in [7, 11) is -4.03. The smallest absolute Gasteiger partial charge is 0.266 e. The normalized spacial score (nSPS) is 14.1. The fraction of sp³-hybridized carbons (Fsp3) is 0.231. The molecule has 0 atom stereocenters. The molecule has 192 valence electrons. The summed E-state index contributed by atoms with van der Waals surface area (Å²) >= 11 is 5.95. The minimum Gasteiger partial charge on any atom is -0.484 e. The number of piperazine rings is 1. The lowest BCUT2D eigenvalue weighted by Gasteiger charge is -2.34. The van der Waals surface area contributed by atoms with Crippen LogP contribution in [0.3, 0.4) is 0 Å². The Morgan fingerprint density at radius 1 is 1.03 bits per heavy atom. The largest absolute Gasteiger partial charge is 0.484 e. The van der Waals surface area contributed by atoms with Crippen molar-refractivity contribution in [1.29, 1.82) is 0 Å². The third kappa shape index (κ3) is 5.21. The summed E-state index contributed by atoms with van der Waals surface area (Å²) in [6, 6.07) is 16.7. The van der Waals surface area contributed by atoms with Crippen LogP contribution in [-0.2, 0) is 14.6 Å². The zero-order valence-electron chi connectivity index (χ0n) is 20.0. The molecule has 9 nitrogen and oxygen atoms in total. The van der Waals surface area contributed by atoms with E-state index in [0.717, 1.165) is 5.56 Å². The number of sulfone groups is 1. The van der Waals surface area contributed by atoms with Crippen LogP contribution < -0.4 is 9.64 Å². The van der Waals surface area contributed by atoms with Crippen molar-refractivity contribution < 1.29 is 26.8 Å². The molecule has 2 aromatic heterocycles. The van der Waals surface area contributed by atoms with Crippen LogP contribution in [0, 0.1) is 6.92 Å². The lowest BCUT2D eigenvalue weighted by atomic mass is 10.2.